The monoisotopic (exact) mass is 646 g/mol. The summed E-state index contributed by atoms with van der Waals surface area (Å²) in [5, 5.41) is 81.9. The first-order chi connectivity index (χ1) is 21.0. The Morgan fingerprint density at radius 3 is 1.69 bits per heavy atom. The molecule has 45 heavy (non-hydrogen) atoms. The zero-order chi connectivity index (χ0) is 33.3. The van der Waals surface area contributed by atoms with E-state index in [4.69, 9.17) is 23.7 Å². The molecule has 260 valence electrons. The maximum absolute atomic E-state index is 10.7. The van der Waals surface area contributed by atoms with Gasteiger partial charge < -0.3 is 64.5 Å². The van der Waals surface area contributed by atoms with Crippen molar-refractivity contribution in [3.63, 3.8) is 0 Å². The van der Waals surface area contributed by atoms with Crippen LogP contribution in [0, 0.1) is 22.7 Å². The zero-order valence-corrected chi connectivity index (χ0v) is 26.9. The molecule has 3 heterocycles. The molecule has 0 aromatic carbocycles. The minimum atomic E-state index is -1.57. The summed E-state index contributed by atoms with van der Waals surface area (Å²) in [5.74, 6) is 0.121. The molecule has 5 rings (SSSR count). The van der Waals surface area contributed by atoms with E-state index in [1.54, 1.807) is 6.08 Å². The molecule has 0 aromatic rings. The van der Waals surface area contributed by atoms with Gasteiger partial charge in [0, 0.05) is 0 Å². The van der Waals surface area contributed by atoms with E-state index < -0.39 is 97.3 Å². The molecule has 0 aromatic heterocycles. The van der Waals surface area contributed by atoms with Crippen LogP contribution in [0.1, 0.15) is 66.7 Å². The zero-order valence-electron chi connectivity index (χ0n) is 26.9. The maximum Gasteiger partial charge on any atom is 0.187 e. The molecule has 13 heteroatoms. The Kier molecular flexibility index (Phi) is 9.94. The molecule has 13 nitrogen and oxygen atoms in total. The van der Waals surface area contributed by atoms with Gasteiger partial charge in [-0.2, -0.15) is 0 Å². The van der Waals surface area contributed by atoms with E-state index in [1.165, 1.54) is 0 Å². The van der Waals surface area contributed by atoms with Crippen LogP contribution in [0.2, 0.25) is 0 Å². The molecule has 0 amide bonds. The van der Waals surface area contributed by atoms with Gasteiger partial charge in [-0.15, -0.1) is 6.58 Å². The van der Waals surface area contributed by atoms with Crippen molar-refractivity contribution in [2.75, 3.05) is 13.2 Å². The van der Waals surface area contributed by atoms with Crippen LogP contribution < -0.4 is 0 Å². The summed E-state index contributed by atoms with van der Waals surface area (Å²) >= 11 is 0. The molecular formula is C32H54O13. The quantitative estimate of drug-likeness (QED) is 0.128. The Balaban J connectivity index is 1.38. The smallest absolute Gasteiger partial charge is 0.187 e. The minimum Gasteiger partial charge on any atom is -0.394 e. The Morgan fingerprint density at radius 2 is 1.20 bits per heavy atom. The van der Waals surface area contributed by atoms with Gasteiger partial charge in [0.05, 0.1) is 31.0 Å². The topological polar surface area (TPSA) is 208 Å². The van der Waals surface area contributed by atoms with E-state index in [0.717, 1.165) is 19.3 Å². The van der Waals surface area contributed by atoms with Crippen molar-refractivity contribution in [2.45, 2.75) is 152 Å². The van der Waals surface area contributed by atoms with E-state index >= 15 is 0 Å². The number of hydrogen-bond donors (Lipinski definition) is 8. The van der Waals surface area contributed by atoms with E-state index in [1.807, 2.05) is 6.92 Å². The second-order valence-corrected chi connectivity index (χ2v) is 15.2. The second-order valence-electron chi connectivity index (χ2n) is 15.2. The van der Waals surface area contributed by atoms with Crippen LogP contribution in [-0.4, -0.2) is 139 Å². The Bertz CT molecular complexity index is 1060. The van der Waals surface area contributed by atoms with Crippen LogP contribution in [0.4, 0.5) is 0 Å². The number of ether oxygens (including phenoxy) is 5. The molecular weight excluding hydrogens is 592 g/mol. The second kappa shape index (κ2) is 12.6. The van der Waals surface area contributed by atoms with Crippen LogP contribution in [0.5, 0.6) is 0 Å². The van der Waals surface area contributed by atoms with Crippen molar-refractivity contribution in [3.8, 4) is 0 Å². The van der Waals surface area contributed by atoms with Gasteiger partial charge in [-0.25, -0.2) is 0 Å². The third-order valence-corrected chi connectivity index (χ3v) is 12.2. The summed E-state index contributed by atoms with van der Waals surface area (Å²) in [6, 6.07) is 0. The highest BCUT2D eigenvalue weighted by molar-refractivity contribution is 5.17. The van der Waals surface area contributed by atoms with Crippen molar-refractivity contribution >= 4 is 0 Å². The molecule has 17 atom stereocenters. The first-order valence-electron chi connectivity index (χ1n) is 16.2. The van der Waals surface area contributed by atoms with E-state index in [2.05, 4.69) is 34.3 Å². The van der Waals surface area contributed by atoms with Gasteiger partial charge in [0.25, 0.3) is 0 Å². The number of aliphatic hydroxyl groups excluding tert-OH is 8. The summed E-state index contributed by atoms with van der Waals surface area (Å²) in [6.07, 6.45) is -9.64. The highest BCUT2D eigenvalue weighted by atomic mass is 16.7. The molecule has 0 bridgehead atoms. The molecule has 0 radical (unpaired) electrons. The maximum atomic E-state index is 10.7. The van der Waals surface area contributed by atoms with Crippen LogP contribution in [0.25, 0.3) is 0 Å². The number of rotatable bonds is 7. The predicted octanol–water partition coefficient (Wildman–Crippen LogP) is -0.667. The fourth-order valence-corrected chi connectivity index (χ4v) is 9.43. The van der Waals surface area contributed by atoms with Crippen molar-refractivity contribution in [1.82, 2.24) is 0 Å². The molecule has 2 saturated carbocycles. The van der Waals surface area contributed by atoms with Crippen molar-refractivity contribution < 1.29 is 64.5 Å². The lowest BCUT2D eigenvalue weighted by Crippen LogP contribution is -2.69. The molecule has 0 spiro atoms. The third-order valence-electron chi connectivity index (χ3n) is 12.2. The SMILES string of the molecule is C=CC1(C)OC2(C)CCC3C(C)(C)C(OC4OC(CO)C(O)C(O)C4O)CCC3(C)C2CC1OC1OC(CO)C(O)C(O)C1O. The predicted molar refractivity (Wildman–Crippen MR) is 157 cm³/mol. The van der Waals surface area contributed by atoms with Gasteiger partial charge >= 0.3 is 0 Å². The van der Waals surface area contributed by atoms with Crippen molar-refractivity contribution in [2.24, 2.45) is 22.7 Å². The minimum absolute atomic E-state index is 0.0147. The number of hydrogen-bond acceptors (Lipinski definition) is 13. The van der Waals surface area contributed by atoms with Gasteiger partial charge in [-0.1, -0.05) is 26.8 Å². The lowest BCUT2D eigenvalue weighted by atomic mass is 9.43. The molecule has 5 aliphatic rings. The first-order valence-corrected chi connectivity index (χ1v) is 16.2. The van der Waals surface area contributed by atoms with Gasteiger partial charge in [-0.05, 0) is 68.6 Å². The van der Waals surface area contributed by atoms with Crippen LogP contribution in [-0.2, 0) is 23.7 Å². The summed E-state index contributed by atoms with van der Waals surface area (Å²) in [5.41, 5.74) is -2.18. The highest BCUT2D eigenvalue weighted by Gasteiger charge is 2.66. The Labute approximate surface area is 264 Å². The van der Waals surface area contributed by atoms with Gasteiger partial charge in [0.15, 0.2) is 12.6 Å². The average molecular weight is 647 g/mol. The molecule has 5 fully saturated rings. The van der Waals surface area contributed by atoms with Crippen LogP contribution >= 0.6 is 0 Å². The van der Waals surface area contributed by atoms with Gasteiger partial charge in [0.1, 0.15) is 54.4 Å². The molecule has 3 saturated heterocycles. The van der Waals surface area contributed by atoms with E-state index in [0.29, 0.717) is 12.8 Å². The molecule has 3 aliphatic heterocycles. The lowest BCUT2D eigenvalue weighted by molar-refractivity contribution is -0.356. The van der Waals surface area contributed by atoms with Crippen molar-refractivity contribution in [1.29, 1.82) is 0 Å². The summed E-state index contributed by atoms with van der Waals surface area (Å²) < 4.78 is 31.0. The number of aliphatic hydroxyl groups is 8. The average Bonchev–Trinajstić information content (AvgIpc) is 2.99. The lowest BCUT2D eigenvalue weighted by Gasteiger charge is -2.67. The summed E-state index contributed by atoms with van der Waals surface area (Å²) in [7, 11) is 0. The fourth-order valence-electron chi connectivity index (χ4n) is 9.43. The largest absolute Gasteiger partial charge is 0.394 e. The molecule has 2 aliphatic carbocycles. The number of fused-ring (bicyclic) bond motifs is 3. The van der Waals surface area contributed by atoms with Crippen LogP contribution in [0.3, 0.4) is 0 Å². The molecule has 17 unspecified atom stereocenters. The highest BCUT2D eigenvalue weighted by Crippen LogP contribution is 2.66. The third kappa shape index (κ3) is 5.83. The van der Waals surface area contributed by atoms with Crippen LogP contribution in [0.15, 0.2) is 12.7 Å². The fraction of sp³-hybridized carbons (Fsp3) is 0.938. The van der Waals surface area contributed by atoms with Crippen molar-refractivity contribution in [3.05, 3.63) is 12.7 Å². The van der Waals surface area contributed by atoms with Gasteiger partial charge in [-0.3, -0.25) is 0 Å². The van der Waals surface area contributed by atoms with Gasteiger partial charge in [0.2, 0.25) is 0 Å². The molecule has 8 N–H and O–H groups in total. The Hall–Kier alpha value is -0.780. The summed E-state index contributed by atoms with van der Waals surface area (Å²) in [6.45, 7) is 13.4. The first kappa shape index (κ1) is 35.5. The Morgan fingerprint density at radius 1 is 0.689 bits per heavy atom. The standard InChI is InChI=1S/C32H54O13/c1-7-31(5)20(44-28-26(40)24(38)22(36)16(14-34)42-28)12-18-30(4)10-9-19(29(2,3)17(30)8-11-32(18,6)45-31)43-27-25(39)23(37)21(35)15(13-33)41-27/h7,15-28,33-40H,1,8-14H2,2-6H3. The van der Waals surface area contributed by atoms with E-state index in [-0.39, 0.29) is 23.4 Å². The van der Waals surface area contributed by atoms with E-state index in [9.17, 15) is 40.9 Å². The normalized spacial score (nSPS) is 55.0. The summed E-state index contributed by atoms with van der Waals surface area (Å²) in [4.78, 5) is 0.